The van der Waals surface area contributed by atoms with E-state index in [2.05, 4.69) is 34.6 Å². The fraction of sp³-hybridized carbons (Fsp3) is 0.588. The van der Waals surface area contributed by atoms with Gasteiger partial charge in [0.1, 0.15) is 0 Å². The second-order valence-corrected chi connectivity index (χ2v) is 6.05. The lowest BCUT2D eigenvalue weighted by Crippen LogP contribution is -2.40. The van der Waals surface area contributed by atoms with E-state index in [9.17, 15) is 4.79 Å². The summed E-state index contributed by atoms with van der Waals surface area (Å²) in [7, 11) is 1.64. The lowest BCUT2D eigenvalue weighted by Gasteiger charge is -2.19. The van der Waals surface area contributed by atoms with Crippen LogP contribution >= 0.6 is 0 Å². The van der Waals surface area contributed by atoms with Crippen molar-refractivity contribution in [3.05, 3.63) is 24.3 Å². The molecule has 5 nitrogen and oxygen atoms in total. The second kappa shape index (κ2) is 8.03. The van der Waals surface area contributed by atoms with E-state index in [1.54, 1.807) is 7.11 Å². The molecule has 0 radical (unpaired) electrons. The van der Waals surface area contributed by atoms with Gasteiger partial charge in [0.05, 0.1) is 12.6 Å². The molecule has 1 fully saturated rings. The fourth-order valence-electron chi connectivity index (χ4n) is 2.74. The van der Waals surface area contributed by atoms with Crippen LogP contribution in [0.3, 0.4) is 0 Å². The van der Waals surface area contributed by atoms with Crippen molar-refractivity contribution in [1.29, 1.82) is 0 Å². The molecule has 0 aliphatic carbocycles. The highest BCUT2D eigenvalue weighted by molar-refractivity contribution is 5.89. The molecule has 122 valence electrons. The molecule has 1 aromatic carbocycles. The minimum Gasteiger partial charge on any atom is -0.383 e. The van der Waals surface area contributed by atoms with Crippen molar-refractivity contribution in [2.75, 3.05) is 37.0 Å². The Morgan fingerprint density at radius 1 is 1.41 bits per heavy atom. The Morgan fingerprint density at radius 3 is 2.68 bits per heavy atom. The molecule has 1 saturated heterocycles. The Bertz CT molecular complexity index is 475. The summed E-state index contributed by atoms with van der Waals surface area (Å²) in [4.78, 5) is 14.3. The molecule has 2 N–H and O–H groups in total. The highest BCUT2D eigenvalue weighted by Crippen LogP contribution is 2.24. The van der Waals surface area contributed by atoms with Crippen LogP contribution < -0.4 is 15.5 Å². The first kappa shape index (κ1) is 16.6. The van der Waals surface area contributed by atoms with Gasteiger partial charge < -0.3 is 20.3 Å². The minimum absolute atomic E-state index is 0.0374. The summed E-state index contributed by atoms with van der Waals surface area (Å²) < 4.78 is 5.08. The predicted molar refractivity (Wildman–Crippen MR) is 90.5 cm³/mol. The summed E-state index contributed by atoms with van der Waals surface area (Å²) in [5.74, 6) is 0.760. The molecular formula is C17H27N3O2. The number of urea groups is 1. The summed E-state index contributed by atoms with van der Waals surface area (Å²) in [6.45, 7) is 7.06. The van der Waals surface area contributed by atoms with E-state index in [1.807, 2.05) is 19.1 Å². The summed E-state index contributed by atoms with van der Waals surface area (Å²) in [6.07, 6.45) is 2.09. The van der Waals surface area contributed by atoms with Crippen molar-refractivity contribution in [3.63, 3.8) is 0 Å². The first-order valence-electron chi connectivity index (χ1n) is 8.03. The number of nitrogens with zero attached hydrogens (tertiary/aromatic N) is 1. The molecule has 0 unspecified atom stereocenters. The molecule has 2 rings (SSSR count). The largest absolute Gasteiger partial charge is 0.383 e. The van der Waals surface area contributed by atoms with Gasteiger partial charge in [0.15, 0.2) is 0 Å². The maximum absolute atomic E-state index is 12.0. The quantitative estimate of drug-likeness (QED) is 0.849. The van der Waals surface area contributed by atoms with E-state index < -0.39 is 0 Å². The third-order valence-electron chi connectivity index (χ3n) is 4.11. The van der Waals surface area contributed by atoms with Gasteiger partial charge in [-0.3, -0.25) is 0 Å². The Labute approximate surface area is 133 Å². The standard InChI is InChI=1S/C17H27N3O2/c1-4-14(12-22-3)18-17(21)19-15-5-7-16(8-6-15)20-10-9-13(2)11-20/h5-8,13-14H,4,9-12H2,1-3H3,(H2,18,19,21)/t13-,14+/m1/s1. The predicted octanol–water partition coefficient (Wildman–Crippen LogP) is 3.08. The smallest absolute Gasteiger partial charge is 0.319 e. The fourth-order valence-corrected chi connectivity index (χ4v) is 2.74. The van der Waals surface area contributed by atoms with E-state index in [1.165, 1.54) is 12.1 Å². The number of nitrogens with one attached hydrogen (secondary N) is 2. The molecule has 1 aliphatic heterocycles. The number of benzene rings is 1. The normalized spacial score (nSPS) is 19.0. The number of carbonyl (C=O) groups excluding carboxylic acids is 1. The van der Waals surface area contributed by atoms with E-state index >= 15 is 0 Å². The molecule has 1 aromatic rings. The Hall–Kier alpha value is -1.75. The molecule has 0 spiro atoms. The maximum Gasteiger partial charge on any atom is 0.319 e. The number of amides is 2. The molecule has 1 aliphatic rings. The second-order valence-electron chi connectivity index (χ2n) is 6.05. The first-order chi connectivity index (χ1) is 10.6. The van der Waals surface area contributed by atoms with Crippen LogP contribution in [0, 0.1) is 5.92 Å². The molecule has 5 heteroatoms. The highest BCUT2D eigenvalue weighted by atomic mass is 16.5. The lowest BCUT2D eigenvalue weighted by molar-refractivity contribution is 0.165. The Kier molecular flexibility index (Phi) is 6.07. The van der Waals surface area contributed by atoms with Crippen molar-refractivity contribution in [1.82, 2.24) is 5.32 Å². The summed E-state index contributed by atoms with van der Waals surface area (Å²) in [5, 5.41) is 5.77. The topological polar surface area (TPSA) is 53.6 Å². The summed E-state index contributed by atoms with van der Waals surface area (Å²) >= 11 is 0. The number of ether oxygens (including phenoxy) is 1. The zero-order chi connectivity index (χ0) is 15.9. The van der Waals surface area contributed by atoms with Crippen LogP contribution in [0.15, 0.2) is 24.3 Å². The van der Waals surface area contributed by atoms with Gasteiger partial charge in [-0.2, -0.15) is 0 Å². The van der Waals surface area contributed by atoms with Crippen LogP contribution in [-0.2, 0) is 4.74 Å². The van der Waals surface area contributed by atoms with Crippen LogP contribution in [0.2, 0.25) is 0 Å². The Balaban J connectivity index is 1.86. The number of anilines is 2. The summed E-state index contributed by atoms with van der Waals surface area (Å²) in [6, 6.07) is 7.90. The maximum atomic E-state index is 12.0. The number of hydrogen-bond acceptors (Lipinski definition) is 3. The molecule has 2 atom stereocenters. The van der Waals surface area contributed by atoms with Crippen molar-refractivity contribution in [2.45, 2.75) is 32.7 Å². The molecule has 0 bridgehead atoms. The van der Waals surface area contributed by atoms with Crippen LogP contribution in [0.5, 0.6) is 0 Å². The van der Waals surface area contributed by atoms with Crippen LogP contribution in [0.25, 0.3) is 0 Å². The highest BCUT2D eigenvalue weighted by Gasteiger charge is 2.18. The van der Waals surface area contributed by atoms with Crippen molar-refractivity contribution >= 4 is 17.4 Å². The zero-order valence-corrected chi connectivity index (χ0v) is 13.8. The third kappa shape index (κ3) is 4.63. The number of rotatable bonds is 6. The monoisotopic (exact) mass is 305 g/mol. The average molecular weight is 305 g/mol. The van der Waals surface area contributed by atoms with Gasteiger partial charge >= 0.3 is 6.03 Å². The van der Waals surface area contributed by atoms with E-state index in [4.69, 9.17) is 4.74 Å². The Morgan fingerprint density at radius 2 is 2.14 bits per heavy atom. The van der Waals surface area contributed by atoms with E-state index in [0.29, 0.717) is 6.61 Å². The van der Waals surface area contributed by atoms with Gasteiger partial charge in [0.25, 0.3) is 0 Å². The van der Waals surface area contributed by atoms with Crippen molar-refractivity contribution in [2.24, 2.45) is 5.92 Å². The van der Waals surface area contributed by atoms with Gasteiger partial charge in [-0.15, -0.1) is 0 Å². The van der Waals surface area contributed by atoms with Gasteiger partial charge in [-0.05, 0) is 43.0 Å². The minimum atomic E-state index is -0.188. The van der Waals surface area contributed by atoms with Crippen LogP contribution in [-0.4, -0.2) is 38.9 Å². The van der Waals surface area contributed by atoms with Crippen LogP contribution in [0.4, 0.5) is 16.2 Å². The average Bonchev–Trinajstić information content (AvgIpc) is 2.94. The molecular weight excluding hydrogens is 278 g/mol. The number of methoxy groups -OCH3 is 1. The van der Waals surface area contributed by atoms with Gasteiger partial charge in [-0.25, -0.2) is 4.79 Å². The number of carbonyl (C=O) groups is 1. The molecule has 22 heavy (non-hydrogen) atoms. The molecule has 0 aromatic heterocycles. The van der Waals surface area contributed by atoms with Crippen molar-refractivity contribution < 1.29 is 9.53 Å². The summed E-state index contributed by atoms with van der Waals surface area (Å²) in [5.41, 5.74) is 2.03. The molecule has 1 heterocycles. The van der Waals surface area contributed by atoms with Crippen LogP contribution in [0.1, 0.15) is 26.7 Å². The van der Waals surface area contributed by atoms with E-state index in [-0.39, 0.29) is 12.1 Å². The zero-order valence-electron chi connectivity index (χ0n) is 13.8. The molecule has 0 saturated carbocycles. The number of hydrogen-bond donors (Lipinski definition) is 2. The van der Waals surface area contributed by atoms with Gasteiger partial charge in [0.2, 0.25) is 0 Å². The SMILES string of the molecule is CC[C@@H](COC)NC(=O)Nc1ccc(N2CC[C@@H](C)C2)cc1. The van der Waals surface area contributed by atoms with Crippen molar-refractivity contribution in [3.8, 4) is 0 Å². The van der Waals surface area contributed by atoms with E-state index in [0.717, 1.165) is 31.1 Å². The third-order valence-corrected chi connectivity index (χ3v) is 4.11. The lowest BCUT2D eigenvalue weighted by atomic mass is 10.2. The van der Waals surface area contributed by atoms with Gasteiger partial charge in [0, 0.05) is 31.6 Å². The molecule has 2 amide bonds. The first-order valence-corrected chi connectivity index (χ1v) is 8.03. The van der Waals surface area contributed by atoms with Gasteiger partial charge in [-0.1, -0.05) is 13.8 Å².